The van der Waals surface area contributed by atoms with Gasteiger partial charge in [-0.15, -0.1) is 0 Å². The molecule has 244 valence electrons. The average molecular weight is 656 g/mol. The van der Waals surface area contributed by atoms with Gasteiger partial charge in [-0.25, -0.2) is 0 Å². The van der Waals surface area contributed by atoms with Crippen molar-refractivity contribution < 1.29 is 0 Å². The van der Waals surface area contributed by atoms with Crippen molar-refractivity contribution in [2.45, 2.75) is 0 Å². The van der Waals surface area contributed by atoms with Crippen LogP contribution >= 0.6 is 0 Å². The van der Waals surface area contributed by atoms with Crippen molar-refractivity contribution >= 4 is 65.7 Å². The first kappa shape index (κ1) is 32.7. The highest BCUT2D eigenvalue weighted by Crippen LogP contribution is 2.35. The van der Waals surface area contributed by atoms with Crippen molar-refractivity contribution in [1.29, 1.82) is 0 Å². The van der Waals surface area contributed by atoms with Crippen LogP contribution in [0.4, 0.5) is 17.1 Å². The van der Waals surface area contributed by atoms with E-state index in [9.17, 15) is 0 Å². The van der Waals surface area contributed by atoms with E-state index < -0.39 is 0 Å². The van der Waals surface area contributed by atoms with Crippen LogP contribution in [0.1, 0.15) is 44.5 Å². The lowest BCUT2D eigenvalue weighted by Gasteiger charge is -2.25. The molecule has 0 bridgehead atoms. The highest BCUT2D eigenvalue weighted by Gasteiger charge is 2.12. The number of hydrogen-bond acceptors (Lipinski definition) is 3. The van der Waals surface area contributed by atoms with Crippen LogP contribution < -0.4 is 4.90 Å². The minimum absolute atomic E-state index is 1.10. The van der Waals surface area contributed by atoms with E-state index in [1.165, 1.54) is 0 Å². The van der Waals surface area contributed by atoms with E-state index in [1.807, 2.05) is 49.1 Å². The fraction of sp³-hybridized carbons (Fsp3) is 0. The number of anilines is 3. The Labute approximate surface area is 300 Å². The zero-order valence-corrected chi connectivity index (χ0v) is 28.2. The van der Waals surface area contributed by atoms with Crippen molar-refractivity contribution in [3.05, 3.63) is 221 Å². The lowest BCUT2D eigenvalue weighted by Crippen LogP contribution is -2.09. The first-order chi connectivity index (χ1) is 25.2. The molecule has 3 heteroatoms. The number of hydrogen-bond donors (Lipinski definition) is 0. The van der Waals surface area contributed by atoms with E-state index in [4.69, 9.17) is 0 Å². The Morgan fingerprint density at radius 1 is 0.255 bits per heavy atom. The molecule has 0 aliphatic heterocycles. The summed E-state index contributed by atoms with van der Waals surface area (Å²) in [5.41, 5.74) is 12.5. The summed E-state index contributed by atoms with van der Waals surface area (Å²) in [5.74, 6) is 0. The molecule has 0 aliphatic carbocycles. The lowest BCUT2D eigenvalue weighted by molar-refractivity contribution is 1.28. The van der Waals surface area contributed by atoms with Gasteiger partial charge in [-0.3, -0.25) is 9.97 Å². The SMILES string of the molecule is C(=C\c1ccc(/C=C/c2ccc(N(c3ccccc3)c3ccc(/C=C/c4ccc(/C=C/c5ccncc5)cc4)cc3)cc2)cc1)/c1ccncc1. The van der Waals surface area contributed by atoms with E-state index >= 15 is 0 Å². The van der Waals surface area contributed by atoms with Gasteiger partial charge in [-0.2, -0.15) is 0 Å². The third-order valence-corrected chi connectivity index (χ3v) is 8.48. The van der Waals surface area contributed by atoms with E-state index in [-0.39, 0.29) is 0 Å². The molecule has 7 aromatic rings. The van der Waals surface area contributed by atoms with Gasteiger partial charge in [-0.05, 0) is 105 Å². The van der Waals surface area contributed by atoms with Gasteiger partial charge in [0.1, 0.15) is 0 Å². The maximum atomic E-state index is 4.08. The molecule has 0 fully saturated rings. The number of nitrogens with zero attached hydrogens (tertiary/aromatic N) is 3. The van der Waals surface area contributed by atoms with Crippen molar-refractivity contribution in [2.75, 3.05) is 4.90 Å². The molecule has 0 amide bonds. The second-order valence-corrected chi connectivity index (χ2v) is 12.1. The van der Waals surface area contributed by atoms with Gasteiger partial charge in [-0.1, -0.05) is 140 Å². The summed E-state index contributed by atoms with van der Waals surface area (Å²) in [5, 5.41) is 0. The number of para-hydroxylation sites is 1. The molecule has 0 N–H and O–H groups in total. The Bertz CT molecular complexity index is 2090. The van der Waals surface area contributed by atoms with E-state index in [0.717, 1.165) is 61.6 Å². The van der Waals surface area contributed by atoms with Gasteiger partial charge >= 0.3 is 0 Å². The molecule has 0 saturated carbocycles. The molecule has 0 radical (unpaired) electrons. The van der Waals surface area contributed by atoms with Crippen molar-refractivity contribution in [1.82, 2.24) is 9.97 Å². The summed E-state index contributed by atoms with van der Waals surface area (Å²) in [7, 11) is 0. The predicted molar refractivity (Wildman–Crippen MR) is 218 cm³/mol. The molecular weight excluding hydrogens is 619 g/mol. The Morgan fingerprint density at radius 2 is 0.490 bits per heavy atom. The van der Waals surface area contributed by atoms with Crippen LogP contribution in [-0.4, -0.2) is 9.97 Å². The van der Waals surface area contributed by atoms with Crippen LogP contribution in [0.5, 0.6) is 0 Å². The largest absolute Gasteiger partial charge is 0.311 e. The van der Waals surface area contributed by atoms with Gasteiger partial charge in [0, 0.05) is 41.8 Å². The highest BCUT2D eigenvalue weighted by molar-refractivity contribution is 5.80. The van der Waals surface area contributed by atoms with Crippen LogP contribution in [0.2, 0.25) is 0 Å². The quantitative estimate of drug-likeness (QED) is 0.130. The summed E-state index contributed by atoms with van der Waals surface area (Å²) in [4.78, 5) is 10.4. The third-order valence-electron chi connectivity index (χ3n) is 8.48. The van der Waals surface area contributed by atoms with Crippen LogP contribution in [-0.2, 0) is 0 Å². The first-order valence-corrected chi connectivity index (χ1v) is 17.0. The second-order valence-electron chi connectivity index (χ2n) is 12.1. The van der Waals surface area contributed by atoms with Crippen molar-refractivity contribution in [2.24, 2.45) is 0 Å². The number of rotatable bonds is 11. The molecule has 51 heavy (non-hydrogen) atoms. The lowest BCUT2D eigenvalue weighted by atomic mass is 10.1. The van der Waals surface area contributed by atoms with Gasteiger partial charge in [0.05, 0.1) is 0 Å². The van der Waals surface area contributed by atoms with E-state index in [1.54, 1.807) is 0 Å². The Balaban J connectivity index is 1.02. The fourth-order valence-electron chi connectivity index (χ4n) is 5.65. The molecule has 7 rings (SSSR count). The Morgan fingerprint density at radius 3 is 0.784 bits per heavy atom. The molecule has 2 aromatic heterocycles. The van der Waals surface area contributed by atoms with Crippen LogP contribution in [0.25, 0.3) is 48.6 Å². The molecule has 0 atom stereocenters. The minimum Gasteiger partial charge on any atom is -0.311 e. The summed E-state index contributed by atoms with van der Waals surface area (Å²) in [6.07, 6.45) is 24.3. The zero-order chi connectivity index (χ0) is 34.5. The molecule has 0 unspecified atom stereocenters. The van der Waals surface area contributed by atoms with Crippen LogP contribution in [0.15, 0.2) is 176 Å². The summed E-state index contributed by atoms with van der Waals surface area (Å²) in [6.45, 7) is 0. The third kappa shape index (κ3) is 9.20. The smallest absolute Gasteiger partial charge is 0.0462 e. The van der Waals surface area contributed by atoms with Crippen LogP contribution in [0.3, 0.4) is 0 Å². The molecule has 0 spiro atoms. The molecule has 3 nitrogen and oxygen atoms in total. The van der Waals surface area contributed by atoms with E-state index in [0.29, 0.717) is 0 Å². The van der Waals surface area contributed by atoms with Gasteiger partial charge in [0.15, 0.2) is 0 Å². The molecule has 0 saturated heterocycles. The Kier molecular flexibility index (Phi) is 10.6. The summed E-state index contributed by atoms with van der Waals surface area (Å²) >= 11 is 0. The summed E-state index contributed by atoms with van der Waals surface area (Å²) < 4.78 is 0. The predicted octanol–water partition coefficient (Wildman–Crippen LogP) is 12.6. The Hall–Kier alpha value is -6.84. The maximum absolute atomic E-state index is 4.08. The maximum Gasteiger partial charge on any atom is 0.0462 e. The normalized spacial score (nSPS) is 11.6. The second kappa shape index (κ2) is 16.5. The monoisotopic (exact) mass is 655 g/mol. The van der Waals surface area contributed by atoms with Crippen molar-refractivity contribution in [3.8, 4) is 0 Å². The minimum atomic E-state index is 1.10. The zero-order valence-electron chi connectivity index (χ0n) is 28.2. The van der Waals surface area contributed by atoms with E-state index in [2.05, 4.69) is 191 Å². The van der Waals surface area contributed by atoms with Crippen LogP contribution in [0, 0.1) is 0 Å². The number of aromatic nitrogens is 2. The van der Waals surface area contributed by atoms with Gasteiger partial charge in [0.25, 0.3) is 0 Å². The molecule has 0 aliphatic rings. The molecule has 5 aromatic carbocycles. The molecular formula is C48H37N3. The van der Waals surface area contributed by atoms with Gasteiger partial charge < -0.3 is 4.90 Å². The highest BCUT2D eigenvalue weighted by atomic mass is 15.1. The molecule has 2 heterocycles. The first-order valence-electron chi connectivity index (χ1n) is 17.0. The summed E-state index contributed by atoms with van der Waals surface area (Å²) in [6, 6.07) is 53.1. The standard InChI is InChI=1S/C48H37N3/c1-2-4-46(5-3-1)51(47-26-22-42(23-27-47)16-14-38-6-10-40(11-7-38)18-20-44-30-34-49-35-31-44)48-28-24-43(25-29-48)17-15-39-8-12-41(13-9-39)19-21-45-32-36-50-37-33-45/h1-37H/b16-14+,17-15+,20-18+,21-19+. The van der Waals surface area contributed by atoms with Gasteiger partial charge in [0.2, 0.25) is 0 Å². The number of benzene rings is 5. The fourth-order valence-corrected chi connectivity index (χ4v) is 5.65. The average Bonchev–Trinajstić information content (AvgIpc) is 3.21. The number of pyridine rings is 2. The van der Waals surface area contributed by atoms with Crippen molar-refractivity contribution in [3.63, 3.8) is 0 Å². The topological polar surface area (TPSA) is 29.0 Å².